The number of amides is 2. The predicted octanol–water partition coefficient (Wildman–Crippen LogP) is 1.14. The van der Waals surface area contributed by atoms with Crippen molar-refractivity contribution in [2.24, 2.45) is 5.41 Å². The molecule has 0 aromatic carbocycles. The SMILES string of the molecule is CC(C)NC(=O)CN1CCCC(NC(=O)C(C)(C)C)C1. The molecule has 1 saturated heterocycles. The second-order valence-corrected chi connectivity index (χ2v) is 7.02. The molecule has 0 aliphatic carbocycles. The zero-order valence-electron chi connectivity index (χ0n) is 13.5. The van der Waals surface area contributed by atoms with E-state index in [2.05, 4.69) is 15.5 Å². The molecule has 1 heterocycles. The second kappa shape index (κ2) is 7.07. The minimum atomic E-state index is -0.364. The maximum absolute atomic E-state index is 12.0. The van der Waals surface area contributed by atoms with Crippen LogP contribution < -0.4 is 10.6 Å². The van der Waals surface area contributed by atoms with Gasteiger partial charge in [0.15, 0.2) is 0 Å². The summed E-state index contributed by atoms with van der Waals surface area (Å²) < 4.78 is 0. The average Bonchev–Trinajstić information content (AvgIpc) is 2.26. The van der Waals surface area contributed by atoms with E-state index in [9.17, 15) is 9.59 Å². The van der Waals surface area contributed by atoms with E-state index in [0.717, 1.165) is 25.9 Å². The van der Waals surface area contributed by atoms with Crippen LogP contribution in [-0.4, -0.2) is 48.4 Å². The van der Waals surface area contributed by atoms with Gasteiger partial charge in [0, 0.05) is 24.0 Å². The van der Waals surface area contributed by atoms with E-state index >= 15 is 0 Å². The van der Waals surface area contributed by atoms with E-state index < -0.39 is 0 Å². The van der Waals surface area contributed by atoms with Crippen LogP contribution in [0, 0.1) is 5.41 Å². The van der Waals surface area contributed by atoms with Gasteiger partial charge in [-0.05, 0) is 33.2 Å². The molecule has 2 amide bonds. The van der Waals surface area contributed by atoms with Crippen LogP contribution in [0.3, 0.4) is 0 Å². The monoisotopic (exact) mass is 283 g/mol. The lowest BCUT2D eigenvalue weighted by atomic mass is 9.94. The highest BCUT2D eigenvalue weighted by atomic mass is 16.2. The van der Waals surface area contributed by atoms with Crippen LogP contribution in [0.4, 0.5) is 0 Å². The average molecular weight is 283 g/mol. The van der Waals surface area contributed by atoms with Gasteiger partial charge in [0.2, 0.25) is 11.8 Å². The van der Waals surface area contributed by atoms with Gasteiger partial charge in [-0.25, -0.2) is 0 Å². The Morgan fingerprint density at radius 3 is 2.50 bits per heavy atom. The van der Waals surface area contributed by atoms with Crippen LogP contribution in [0.1, 0.15) is 47.5 Å². The summed E-state index contributed by atoms with van der Waals surface area (Å²) in [6.45, 7) is 11.8. The molecular formula is C15H29N3O2. The minimum Gasteiger partial charge on any atom is -0.353 e. The Bertz CT molecular complexity index is 348. The van der Waals surface area contributed by atoms with Crippen LogP contribution in [0.15, 0.2) is 0 Å². The van der Waals surface area contributed by atoms with Crippen molar-refractivity contribution in [1.29, 1.82) is 0 Å². The third-order valence-corrected chi connectivity index (χ3v) is 3.34. The fourth-order valence-electron chi connectivity index (χ4n) is 2.29. The number of hydrogen-bond donors (Lipinski definition) is 2. The zero-order chi connectivity index (χ0) is 15.3. The van der Waals surface area contributed by atoms with E-state index in [-0.39, 0.29) is 29.3 Å². The van der Waals surface area contributed by atoms with Crippen molar-refractivity contribution in [1.82, 2.24) is 15.5 Å². The van der Waals surface area contributed by atoms with Gasteiger partial charge in [-0.15, -0.1) is 0 Å². The largest absolute Gasteiger partial charge is 0.353 e. The molecule has 2 N–H and O–H groups in total. The summed E-state index contributed by atoms with van der Waals surface area (Å²) in [6.07, 6.45) is 2.01. The van der Waals surface area contributed by atoms with Crippen LogP contribution >= 0.6 is 0 Å². The molecule has 1 aliphatic rings. The van der Waals surface area contributed by atoms with Crippen LogP contribution in [0.5, 0.6) is 0 Å². The maximum Gasteiger partial charge on any atom is 0.234 e. The van der Waals surface area contributed by atoms with Gasteiger partial charge in [0.05, 0.1) is 6.54 Å². The third kappa shape index (κ3) is 5.90. The van der Waals surface area contributed by atoms with Gasteiger partial charge in [-0.3, -0.25) is 14.5 Å². The van der Waals surface area contributed by atoms with Gasteiger partial charge in [-0.2, -0.15) is 0 Å². The molecule has 116 valence electrons. The van der Waals surface area contributed by atoms with Gasteiger partial charge < -0.3 is 10.6 Å². The molecule has 1 atom stereocenters. The standard InChI is InChI=1S/C15H29N3O2/c1-11(2)16-13(19)10-18-8-6-7-12(9-18)17-14(20)15(3,4)5/h11-12H,6-10H2,1-5H3,(H,16,19)(H,17,20). The first-order chi connectivity index (χ1) is 9.18. The maximum atomic E-state index is 12.0. The topological polar surface area (TPSA) is 61.4 Å². The van der Waals surface area contributed by atoms with E-state index in [4.69, 9.17) is 0 Å². The van der Waals surface area contributed by atoms with Gasteiger partial charge in [0.1, 0.15) is 0 Å². The lowest BCUT2D eigenvalue weighted by molar-refractivity contribution is -0.129. The number of nitrogens with zero attached hydrogens (tertiary/aromatic N) is 1. The quantitative estimate of drug-likeness (QED) is 0.813. The summed E-state index contributed by atoms with van der Waals surface area (Å²) in [5.74, 6) is 0.138. The molecule has 1 rings (SSSR count). The molecule has 20 heavy (non-hydrogen) atoms. The molecule has 0 aromatic heterocycles. The van der Waals surface area contributed by atoms with Gasteiger partial charge in [-0.1, -0.05) is 20.8 Å². The number of piperidine rings is 1. The molecule has 5 nitrogen and oxygen atoms in total. The highest BCUT2D eigenvalue weighted by Gasteiger charge is 2.27. The number of rotatable bonds is 4. The van der Waals surface area contributed by atoms with Crippen molar-refractivity contribution in [3.8, 4) is 0 Å². The van der Waals surface area contributed by atoms with Crippen molar-refractivity contribution in [2.45, 2.75) is 59.5 Å². The number of carbonyl (C=O) groups excluding carboxylic acids is 2. The highest BCUT2D eigenvalue weighted by molar-refractivity contribution is 5.81. The predicted molar refractivity (Wildman–Crippen MR) is 80.3 cm³/mol. The molecule has 1 fully saturated rings. The van der Waals surface area contributed by atoms with Crippen LogP contribution in [0.2, 0.25) is 0 Å². The van der Waals surface area contributed by atoms with Crippen molar-refractivity contribution in [3.05, 3.63) is 0 Å². The highest BCUT2D eigenvalue weighted by Crippen LogP contribution is 2.16. The summed E-state index contributed by atoms with van der Waals surface area (Å²) in [5, 5.41) is 5.99. The summed E-state index contributed by atoms with van der Waals surface area (Å²) in [6, 6.07) is 0.325. The van der Waals surface area contributed by atoms with Crippen molar-refractivity contribution in [3.63, 3.8) is 0 Å². The molecule has 5 heteroatoms. The smallest absolute Gasteiger partial charge is 0.234 e. The molecule has 0 aromatic rings. The normalized spacial score (nSPS) is 20.8. The Balaban J connectivity index is 2.43. The van der Waals surface area contributed by atoms with Crippen molar-refractivity contribution in [2.75, 3.05) is 19.6 Å². The molecule has 1 aliphatic heterocycles. The molecule has 0 spiro atoms. The Morgan fingerprint density at radius 2 is 1.95 bits per heavy atom. The summed E-state index contributed by atoms with van der Waals surface area (Å²) >= 11 is 0. The number of hydrogen-bond acceptors (Lipinski definition) is 3. The Kier molecular flexibility index (Phi) is 5.99. The molecule has 0 saturated carbocycles. The fraction of sp³-hybridized carbons (Fsp3) is 0.867. The summed E-state index contributed by atoms with van der Waals surface area (Å²) in [4.78, 5) is 25.9. The Hall–Kier alpha value is -1.10. The lowest BCUT2D eigenvalue weighted by Crippen LogP contribution is -2.52. The van der Waals surface area contributed by atoms with E-state index in [0.29, 0.717) is 6.54 Å². The number of likely N-dealkylation sites (tertiary alicyclic amines) is 1. The third-order valence-electron chi connectivity index (χ3n) is 3.34. The minimum absolute atomic E-state index is 0.0581. The van der Waals surface area contributed by atoms with Crippen molar-refractivity contribution < 1.29 is 9.59 Å². The number of carbonyl (C=O) groups is 2. The molecule has 1 unspecified atom stereocenters. The fourth-order valence-corrected chi connectivity index (χ4v) is 2.29. The Morgan fingerprint density at radius 1 is 1.30 bits per heavy atom. The van der Waals surface area contributed by atoms with E-state index in [1.54, 1.807) is 0 Å². The van der Waals surface area contributed by atoms with Gasteiger partial charge >= 0.3 is 0 Å². The first-order valence-electron chi connectivity index (χ1n) is 7.51. The second-order valence-electron chi connectivity index (χ2n) is 7.02. The Labute approximate surface area is 122 Å². The summed E-state index contributed by atoms with van der Waals surface area (Å²) in [7, 11) is 0. The molecule has 0 radical (unpaired) electrons. The van der Waals surface area contributed by atoms with E-state index in [1.165, 1.54) is 0 Å². The van der Waals surface area contributed by atoms with Crippen LogP contribution in [-0.2, 0) is 9.59 Å². The summed E-state index contributed by atoms with van der Waals surface area (Å²) in [5.41, 5.74) is -0.364. The number of nitrogens with one attached hydrogen (secondary N) is 2. The molecule has 0 bridgehead atoms. The van der Waals surface area contributed by atoms with Crippen LogP contribution in [0.25, 0.3) is 0 Å². The zero-order valence-corrected chi connectivity index (χ0v) is 13.5. The first-order valence-corrected chi connectivity index (χ1v) is 7.51. The lowest BCUT2D eigenvalue weighted by Gasteiger charge is -2.34. The van der Waals surface area contributed by atoms with Crippen molar-refractivity contribution >= 4 is 11.8 Å². The first kappa shape index (κ1) is 17.0. The molecular weight excluding hydrogens is 254 g/mol. The van der Waals surface area contributed by atoms with Gasteiger partial charge in [0.25, 0.3) is 0 Å². The van der Waals surface area contributed by atoms with E-state index in [1.807, 2.05) is 34.6 Å².